The predicted molar refractivity (Wildman–Crippen MR) is 358 cm³/mol. The van der Waals surface area contributed by atoms with Crippen molar-refractivity contribution in [2.45, 2.75) is 0 Å². The second kappa shape index (κ2) is 33.4. The van der Waals surface area contributed by atoms with Crippen molar-refractivity contribution in [2.24, 2.45) is 0 Å². The third-order valence-corrected chi connectivity index (χ3v) is 16.4. The van der Waals surface area contributed by atoms with Crippen LogP contribution in [0, 0.1) is 0 Å². The highest BCUT2D eigenvalue weighted by atomic mass is 32.1. The van der Waals surface area contributed by atoms with Gasteiger partial charge in [-0.2, -0.15) is 54.0 Å². The summed E-state index contributed by atoms with van der Waals surface area (Å²) >= 11 is 13.4. The number of nitrogens with zero attached hydrogens (tertiary/aromatic N) is 8. The van der Waals surface area contributed by atoms with Crippen molar-refractivity contribution in [3.63, 3.8) is 0 Å². The smallest absolute Gasteiger partial charge is 0.0812 e. The van der Waals surface area contributed by atoms with Gasteiger partial charge in [-0.3, -0.25) is 0 Å². The molecule has 8 nitrogen and oxygen atoms in total. The number of para-hydroxylation sites is 8. The van der Waals surface area contributed by atoms with Crippen molar-refractivity contribution in [3.05, 3.63) is 238 Å². The molecule has 0 radical (unpaired) electrons. The Bertz CT molecular complexity index is 3070. The van der Waals surface area contributed by atoms with Crippen LogP contribution in [0.1, 0.15) is 0 Å². The Balaban J connectivity index is 0.000000159. The average Bonchev–Trinajstić information content (AvgIpc) is 4.31. The summed E-state index contributed by atoms with van der Waals surface area (Å²) in [5.41, 5.74) is 23.7. The minimum atomic E-state index is 0. The largest absolute Gasteiger partial charge is 0.245 e. The van der Waals surface area contributed by atoms with E-state index in [0.29, 0.717) is 0 Å². The fourth-order valence-electron chi connectivity index (χ4n) is 6.43. The van der Waals surface area contributed by atoms with E-state index in [1.807, 2.05) is 190 Å². The first-order valence-corrected chi connectivity index (χ1v) is 29.0. The van der Waals surface area contributed by atoms with Crippen LogP contribution in [0.5, 0.6) is 0 Å². The minimum Gasteiger partial charge on any atom is -0.245 e. The van der Waals surface area contributed by atoms with E-state index in [0.717, 1.165) is 44.1 Å². The lowest BCUT2D eigenvalue weighted by molar-refractivity contribution is 1.50. The normalized spacial score (nSPS) is 9.68. The molecule has 0 amide bonds. The van der Waals surface area contributed by atoms with Crippen molar-refractivity contribution in [1.29, 1.82) is 0 Å². The molecule has 0 N–H and O–H groups in total. The summed E-state index contributed by atoms with van der Waals surface area (Å²) in [6.45, 7) is 0. The van der Waals surface area contributed by atoms with E-state index in [9.17, 15) is 0 Å². The van der Waals surface area contributed by atoms with Gasteiger partial charge < -0.3 is 0 Å². The number of aromatic nitrogens is 8. The first-order chi connectivity index (χ1) is 35.7. The molecule has 384 valence electrons. The first-order valence-electron chi connectivity index (χ1n) is 22.0. The van der Waals surface area contributed by atoms with Gasteiger partial charge >= 0.3 is 0 Å². The maximum atomic E-state index is 4.14. The van der Waals surface area contributed by atoms with E-state index in [1.165, 1.54) is 37.6 Å². The molecule has 8 aromatic heterocycles. The molecule has 0 aliphatic carbocycles. The SMILES string of the molecule is S.S.S.S.c1ccc2scnc2c1.c1ccc2scnc2c1.c1ccc2scnc2c1.c1ccc2scnc2c1.c1ccc2scnc2c1.c1ccc2scnc2c1.c1ccc2scnc2c1.c1ccc2scnc2c1. The summed E-state index contributed by atoms with van der Waals surface area (Å²) in [7, 11) is 0. The number of benzene rings is 8. The minimum absolute atomic E-state index is 0. The summed E-state index contributed by atoms with van der Waals surface area (Å²) in [5, 5.41) is 0. The summed E-state index contributed by atoms with van der Waals surface area (Å²) in [6, 6.07) is 65.0. The molecule has 0 aliphatic heterocycles. The molecule has 0 unspecified atom stereocenters. The van der Waals surface area contributed by atoms with E-state index in [2.05, 4.69) is 88.4 Å². The Hall–Kier alpha value is -5.72. The maximum absolute atomic E-state index is 4.14. The monoisotopic (exact) mass is 1220 g/mol. The summed E-state index contributed by atoms with van der Waals surface area (Å²) in [6.07, 6.45) is 0. The molecule has 0 atom stereocenters. The number of hydrogen-bond acceptors (Lipinski definition) is 16. The molecule has 20 heteroatoms. The molecule has 0 saturated heterocycles. The number of thiazole rings is 8. The van der Waals surface area contributed by atoms with Crippen LogP contribution in [0.2, 0.25) is 0 Å². The topological polar surface area (TPSA) is 103 Å². The highest BCUT2D eigenvalue weighted by Crippen LogP contribution is 2.20. The molecule has 8 heterocycles. The van der Waals surface area contributed by atoms with Crippen molar-refractivity contribution in [1.82, 2.24) is 39.9 Å². The van der Waals surface area contributed by atoms with Gasteiger partial charge in [-0.1, -0.05) is 97.1 Å². The van der Waals surface area contributed by atoms with Crippen LogP contribution < -0.4 is 0 Å². The molecule has 0 spiro atoms. The summed E-state index contributed by atoms with van der Waals surface area (Å²) in [5.74, 6) is 0. The predicted octanol–water partition coefficient (Wildman–Crippen LogP) is 18.8. The van der Waals surface area contributed by atoms with E-state index in [1.54, 1.807) is 90.7 Å². The van der Waals surface area contributed by atoms with Gasteiger partial charge in [0.05, 0.1) is 126 Å². The number of hydrogen-bond donors (Lipinski definition) is 0. The Kier molecular flexibility index (Phi) is 26.9. The fourth-order valence-corrected chi connectivity index (χ4v) is 11.9. The zero-order chi connectivity index (χ0) is 48.8. The fraction of sp³-hybridized carbons (Fsp3) is 0. The lowest BCUT2D eigenvalue weighted by Gasteiger charge is -1.80. The average molecular weight is 1220 g/mol. The molecule has 0 saturated carbocycles. The first kappa shape index (κ1) is 61.1. The Labute approximate surface area is 499 Å². The highest BCUT2D eigenvalue weighted by molar-refractivity contribution is 7.59. The van der Waals surface area contributed by atoms with Gasteiger partial charge in [0.15, 0.2) is 0 Å². The van der Waals surface area contributed by atoms with E-state index in [-0.39, 0.29) is 54.0 Å². The lowest BCUT2D eigenvalue weighted by atomic mass is 10.3. The van der Waals surface area contributed by atoms with Gasteiger partial charge in [0.1, 0.15) is 0 Å². The van der Waals surface area contributed by atoms with Gasteiger partial charge in [-0.25, -0.2) is 39.9 Å². The third-order valence-electron chi connectivity index (χ3n) is 9.89. The number of fused-ring (bicyclic) bond motifs is 8. The quantitative estimate of drug-likeness (QED) is 0.148. The van der Waals surface area contributed by atoms with Crippen LogP contribution >= 0.6 is 145 Å². The molecule has 0 fully saturated rings. The third kappa shape index (κ3) is 18.2. The molecule has 76 heavy (non-hydrogen) atoms. The van der Waals surface area contributed by atoms with Gasteiger partial charge in [-0.05, 0) is 97.1 Å². The lowest BCUT2D eigenvalue weighted by Crippen LogP contribution is -1.61. The van der Waals surface area contributed by atoms with Crippen LogP contribution in [0.15, 0.2) is 238 Å². The molecule has 0 aliphatic rings. The number of rotatable bonds is 0. The van der Waals surface area contributed by atoms with Crippen molar-refractivity contribution >= 4 is 226 Å². The van der Waals surface area contributed by atoms with E-state index >= 15 is 0 Å². The summed E-state index contributed by atoms with van der Waals surface area (Å²) in [4.78, 5) is 33.1. The van der Waals surface area contributed by atoms with E-state index < -0.39 is 0 Å². The van der Waals surface area contributed by atoms with Crippen LogP contribution in [0.3, 0.4) is 0 Å². The van der Waals surface area contributed by atoms with Crippen LogP contribution in [-0.2, 0) is 0 Å². The Morgan fingerprint density at radius 3 is 0.368 bits per heavy atom. The van der Waals surface area contributed by atoms with E-state index in [4.69, 9.17) is 0 Å². The zero-order valence-corrected chi connectivity index (χ0v) is 50.5. The standard InChI is InChI=1S/8C7H5NS.4H2S/c8*1-2-4-7-6(3-1)8-5-9-7;;;;/h8*1-5H;4*1H2. The van der Waals surface area contributed by atoms with Crippen LogP contribution in [0.25, 0.3) is 81.7 Å². The van der Waals surface area contributed by atoms with Crippen molar-refractivity contribution in [3.8, 4) is 0 Å². The molecule has 8 aromatic carbocycles. The second-order valence-electron chi connectivity index (χ2n) is 14.6. The summed E-state index contributed by atoms with van der Waals surface area (Å²) < 4.78 is 10.1. The van der Waals surface area contributed by atoms with Crippen LogP contribution in [-0.4, -0.2) is 39.9 Å². The molecular weight excluding hydrogens is 1170 g/mol. The van der Waals surface area contributed by atoms with Gasteiger partial charge in [-0.15, -0.1) is 90.7 Å². The van der Waals surface area contributed by atoms with Gasteiger partial charge in [0, 0.05) is 0 Å². The molecule has 0 bridgehead atoms. The molecule has 16 rings (SSSR count). The Morgan fingerprint density at radius 2 is 0.263 bits per heavy atom. The van der Waals surface area contributed by atoms with Crippen LogP contribution in [0.4, 0.5) is 0 Å². The van der Waals surface area contributed by atoms with Crippen molar-refractivity contribution in [2.75, 3.05) is 0 Å². The van der Waals surface area contributed by atoms with Crippen molar-refractivity contribution < 1.29 is 0 Å². The van der Waals surface area contributed by atoms with Gasteiger partial charge in [0.2, 0.25) is 0 Å². The highest BCUT2D eigenvalue weighted by Gasteiger charge is 1.95. The zero-order valence-electron chi connectivity index (χ0n) is 39.9. The second-order valence-corrected chi connectivity index (χ2v) is 21.7. The maximum Gasteiger partial charge on any atom is 0.0812 e. The molecule has 16 aromatic rings. The Morgan fingerprint density at radius 1 is 0.158 bits per heavy atom. The van der Waals surface area contributed by atoms with Gasteiger partial charge in [0.25, 0.3) is 0 Å². The molecular formula is C56H48N8S12.